The van der Waals surface area contributed by atoms with Crippen LogP contribution in [0.15, 0.2) is 36.4 Å². The molecule has 2 amide bonds. The Morgan fingerprint density at radius 2 is 1.93 bits per heavy atom. The standard InChI is InChI=1S/C19H19ClN2O5/c1-11-2-4-13(20)9-14(11)22-19(25)18(24)21-7-6-15(23)12-3-5-16-17(8-12)27-10-26-16/h2-5,8-9,15,23H,6-7,10H2,1H3,(H,21,24)(H,22,25). The summed E-state index contributed by atoms with van der Waals surface area (Å²) in [7, 11) is 0. The van der Waals surface area contributed by atoms with Crippen LogP contribution in [0.5, 0.6) is 11.5 Å². The van der Waals surface area contributed by atoms with Crippen molar-refractivity contribution in [2.24, 2.45) is 0 Å². The maximum Gasteiger partial charge on any atom is 0.313 e. The van der Waals surface area contributed by atoms with E-state index in [9.17, 15) is 14.7 Å². The number of hydrogen-bond acceptors (Lipinski definition) is 5. The van der Waals surface area contributed by atoms with Gasteiger partial charge in [0.2, 0.25) is 6.79 Å². The highest BCUT2D eigenvalue weighted by atomic mass is 35.5. The highest BCUT2D eigenvalue weighted by Gasteiger charge is 2.18. The normalized spacial score (nSPS) is 13.1. The first kappa shape index (κ1) is 19.0. The summed E-state index contributed by atoms with van der Waals surface area (Å²) in [6, 6.07) is 10.2. The van der Waals surface area contributed by atoms with Crippen molar-refractivity contribution in [1.29, 1.82) is 0 Å². The van der Waals surface area contributed by atoms with Crippen LogP contribution in [0.4, 0.5) is 5.69 Å². The molecule has 142 valence electrons. The molecule has 3 rings (SSSR count). The maximum absolute atomic E-state index is 12.0. The number of hydrogen-bond donors (Lipinski definition) is 3. The lowest BCUT2D eigenvalue weighted by Gasteiger charge is -2.13. The summed E-state index contributed by atoms with van der Waals surface area (Å²) in [5, 5.41) is 15.7. The minimum atomic E-state index is -0.807. The third kappa shape index (κ3) is 4.69. The lowest BCUT2D eigenvalue weighted by Crippen LogP contribution is -2.36. The number of ether oxygens (including phenoxy) is 2. The van der Waals surface area contributed by atoms with Crippen LogP contribution in [-0.4, -0.2) is 30.3 Å². The molecule has 2 aromatic carbocycles. The van der Waals surface area contributed by atoms with E-state index in [1.807, 2.05) is 0 Å². The Hall–Kier alpha value is -2.77. The van der Waals surface area contributed by atoms with E-state index in [-0.39, 0.29) is 19.8 Å². The van der Waals surface area contributed by atoms with Gasteiger partial charge in [-0.25, -0.2) is 0 Å². The number of carbonyl (C=O) groups excluding carboxylic acids is 2. The molecule has 1 heterocycles. The molecular weight excluding hydrogens is 372 g/mol. The van der Waals surface area contributed by atoms with Crippen molar-refractivity contribution in [1.82, 2.24) is 5.32 Å². The van der Waals surface area contributed by atoms with Crippen molar-refractivity contribution in [3.05, 3.63) is 52.5 Å². The third-order valence-corrected chi connectivity index (χ3v) is 4.37. The van der Waals surface area contributed by atoms with Crippen LogP contribution < -0.4 is 20.1 Å². The molecule has 0 aromatic heterocycles. The summed E-state index contributed by atoms with van der Waals surface area (Å²) < 4.78 is 10.5. The summed E-state index contributed by atoms with van der Waals surface area (Å²) in [6.07, 6.45) is -0.562. The number of rotatable bonds is 5. The number of aliphatic hydroxyl groups is 1. The van der Waals surface area contributed by atoms with Gasteiger partial charge in [0.25, 0.3) is 0 Å². The summed E-state index contributed by atoms with van der Waals surface area (Å²) in [6.45, 7) is 2.09. The number of amides is 2. The summed E-state index contributed by atoms with van der Waals surface area (Å²) in [5.74, 6) is -0.371. The molecule has 7 nitrogen and oxygen atoms in total. The third-order valence-electron chi connectivity index (χ3n) is 4.14. The predicted octanol–water partition coefficient (Wildman–Crippen LogP) is 2.56. The van der Waals surface area contributed by atoms with Crippen LogP contribution in [0.2, 0.25) is 5.02 Å². The molecule has 1 atom stereocenters. The smallest absolute Gasteiger partial charge is 0.313 e. The van der Waals surface area contributed by atoms with Gasteiger partial charge in [-0.05, 0) is 48.7 Å². The Morgan fingerprint density at radius 3 is 2.74 bits per heavy atom. The van der Waals surface area contributed by atoms with E-state index in [1.165, 1.54) is 0 Å². The number of aliphatic hydroxyl groups excluding tert-OH is 1. The Kier molecular flexibility index (Phi) is 5.83. The summed E-state index contributed by atoms with van der Waals surface area (Å²) in [4.78, 5) is 23.9. The van der Waals surface area contributed by atoms with Crippen molar-refractivity contribution in [3.63, 3.8) is 0 Å². The number of nitrogens with one attached hydrogen (secondary N) is 2. The van der Waals surface area contributed by atoms with Gasteiger partial charge in [0.1, 0.15) is 0 Å². The fourth-order valence-electron chi connectivity index (χ4n) is 2.60. The van der Waals surface area contributed by atoms with Gasteiger partial charge in [0.15, 0.2) is 11.5 Å². The molecule has 0 bridgehead atoms. The van der Waals surface area contributed by atoms with E-state index in [4.69, 9.17) is 21.1 Å². The van der Waals surface area contributed by atoms with Gasteiger partial charge >= 0.3 is 11.8 Å². The zero-order valence-electron chi connectivity index (χ0n) is 14.6. The molecular formula is C19H19ClN2O5. The number of aryl methyl sites for hydroxylation is 1. The molecule has 2 aromatic rings. The Morgan fingerprint density at radius 1 is 1.15 bits per heavy atom. The van der Waals surface area contributed by atoms with E-state index < -0.39 is 17.9 Å². The van der Waals surface area contributed by atoms with Crippen molar-refractivity contribution in [2.45, 2.75) is 19.4 Å². The molecule has 1 aliphatic rings. The van der Waals surface area contributed by atoms with E-state index in [1.54, 1.807) is 43.3 Å². The fourth-order valence-corrected chi connectivity index (χ4v) is 2.77. The number of carbonyl (C=O) groups is 2. The Balaban J connectivity index is 1.48. The van der Waals surface area contributed by atoms with Crippen molar-refractivity contribution in [3.8, 4) is 11.5 Å². The molecule has 0 fully saturated rings. The van der Waals surface area contributed by atoms with Gasteiger partial charge in [0.05, 0.1) is 6.10 Å². The van der Waals surface area contributed by atoms with Gasteiger partial charge in [-0.1, -0.05) is 23.7 Å². The average Bonchev–Trinajstić information content (AvgIpc) is 3.12. The molecule has 0 aliphatic carbocycles. The maximum atomic E-state index is 12.0. The first-order chi connectivity index (χ1) is 12.9. The fraction of sp³-hybridized carbons (Fsp3) is 0.263. The molecule has 0 radical (unpaired) electrons. The molecule has 0 spiro atoms. The number of benzene rings is 2. The van der Waals surface area contributed by atoms with Gasteiger partial charge in [-0.3, -0.25) is 9.59 Å². The number of halogens is 1. The van der Waals surface area contributed by atoms with E-state index >= 15 is 0 Å². The van der Waals surface area contributed by atoms with E-state index in [2.05, 4.69) is 10.6 Å². The van der Waals surface area contributed by atoms with Crippen LogP contribution in [0.1, 0.15) is 23.7 Å². The SMILES string of the molecule is Cc1ccc(Cl)cc1NC(=O)C(=O)NCCC(O)c1ccc2c(c1)OCO2. The Labute approximate surface area is 161 Å². The van der Waals surface area contributed by atoms with Crippen LogP contribution >= 0.6 is 11.6 Å². The lowest BCUT2D eigenvalue weighted by molar-refractivity contribution is -0.136. The zero-order chi connectivity index (χ0) is 19.4. The minimum absolute atomic E-state index is 0.135. The highest BCUT2D eigenvalue weighted by Crippen LogP contribution is 2.34. The number of anilines is 1. The molecule has 1 aliphatic heterocycles. The van der Waals surface area contributed by atoms with Crippen LogP contribution in [0.3, 0.4) is 0 Å². The molecule has 3 N–H and O–H groups in total. The molecule has 0 saturated carbocycles. The average molecular weight is 391 g/mol. The Bertz CT molecular complexity index is 871. The second-order valence-corrected chi connectivity index (χ2v) is 6.52. The minimum Gasteiger partial charge on any atom is -0.454 e. The zero-order valence-corrected chi connectivity index (χ0v) is 15.4. The first-order valence-corrected chi connectivity index (χ1v) is 8.75. The molecule has 1 unspecified atom stereocenters. The monoisotopic (exact) mass is 390 g/mol. The van der Waals surface area contributed by atoms with E-state index in [0.717, 1.165) is 5.56 Å². The lowest BCUT2D eigenvalue weighted by atomic mass is 10.1. The summed E-state index contributed by atoms with van der Waals surface area (Å²) in [5.41, 5.74) is 1.91. The highest BCUT2D eigenvalue weighted by molar-refractivity contribution is 6.40. The van der Waals surface area contributed by atoms with Crippen molar-refractivity contribution < 1.29 is 24.2 Å². The van der Waals surface area contributed by atoms with Gasteiger partial charge in [-0.2, -0.15) is 0 Å². The van der Waals surface area contributed by atoms with Crippen LogP contribution in [0, 0.1) is 6.92 Å². The predicted molar refractivity (Wildman–Crippen MR) is 100.0 cm³/mol. The van der Waals surface area contributed by atoms with E-state index in [0.29, 0.717) is 27.8 Å². The van der Waals surface area contributed by atoms with Crippen molar-refractivity contribution >= 4 is 29.1 Å². The number of fused-ring (bicyclic) bond motifs is 1. The molecule has 0 saturated heterocycles. The van der Waals surface area contributed by atoms with Crippen LogP contribution in [0.25, 0.3) is 0 Å². The topological polar surface area (TPSA) is 96.9 Å². The first-order valence-electron chi connectivity index (χ1n) is 8.37. The molecule has 8 heteroatoms. The summed E-state index contributed by atoms with van der Waals surface area (Å²) >= 11 is 5.90. The van der Waals surface area contributed by atoms with Gasteiger partial charge in [-0.15, -0.1) is 0 Å². The van der Waals surface area contributed by atoms with Crippen molar-refractivity contribution in [2.75, 3.05) is 18.7 Å². The van der Waals surface area contributed by atoms with Gasteiger partial charge in [0, 0.05) is 17.3 Å². The second kappa shape index (κ2) is 8.28. The van der Waals surface area contributed by atoms with Gasteiger partial charge < -0.3 is 25.2 Å². The molecule has 27 heavy (non-hydrogen) atoms. The quantitative estimate of drug-likeness (QED) is 0.682. The van der Waals surface area contributed by atoms with Crippen LogP contribution in [-0.2, 0) is 9.59 Å². The second-order valence-electron chi connectivity index (χ2n) is 6.09. The largest absolute Gasteiger partial charge is 0.454 e.